The SMILES string of the molecule is C[C@]12CCOCC[C@@H]1CC[C@@H]1[C@@H]2CC[C@]2(C)C(OS(=O)(=O)C(F)(F)F)=CC[C@@H]12. The van der Waals surface area contributed by atoms with Gasteiger partial charge in [0, 0.05) is 18.6 Å². The van der Waals surface area contributed by atoms with Crippen molar-refractivity contribution in [1.82, 2.24) is 0 Å². The molecule has 0 N–H and O–H groups in total. The molecule has 160 valence electrons. The monoisotopic (exact) mass is 422 g/mol. The zero-order valence-corrected chi connectivity index (χ0v) is 17.2. The molecule has 1 saturated heterocycles. The standard InChI is InChI=1S/C20H29F3O4S/c1-18-10-12-26-11-8-13(18)3-4-14-15-5-6-17(19(15,2)9-7-16(14)18)27-28(24,25)20(21,22)23/h6,13-16H,3-5,7-12H2,1-2H3/t13-,14-,15-,16-,18-,19-/m0/s1. The third kappa shape index (κ3) is 3.01. The summed E-state index contributed by atoms with van der Waals surface area (Å²) in [6.07, 6.45) is 8.04. The van der Waals surface area contributed by atoms with Crippen LogP contribution in [0.15, 0.2) is 11.8 Å². The molecule has 6 atom stereocenters. The third-order valence-electron chi connectivity index (χ3n) is 8.45. The van der Waals surface area contributed by atoms with E-state index in [-0.39, 0.29) is 17.1 Å². The number of allylic oxidation sites excluding steroid dienone is 2. The van der Waals surface area contributed by atoms with E-state index in [0.29, 0.717) is 30.6 Å². The van der Waals surface area contributed by atoms with E-state index in [4.69, 9.17) is 4.74 Å². The van der Waals surface area contributed by atoms with E-state index in [9.17, 15) is 21.6 Å². The number of ether oxygens (including phenoxy) is 1. The summed E-state index contributed by atoms with van der Waals surface area (Å²) in [6, 6.07) is 0. The molecule has 1 heterocycles. The summed E-state index contributed by atoms with van der Waals surface area (Å²) in [5.74, 6) is 1.69. The summed E-state index contributed by atoms with van der Waals surface area (Å²) in [6.45, 7) is 5.85. The van der Waals surface area contributed by atoms with E-state index in [0.717, 1.165) is 45.3 Å². The molecule has 2 saturated carbocycles. The van der Waals surface area contributed by atoms with Crippen molar-refractivity contribution in [3.8, 4) is 0 Å². The maximum Gasteiger partial charge on any atom is 0.534 e. The van der Waals surface area contributed by atoms with Crippen LogP contribution in [0.25, 0.3) is 0 Å². The molecule has 1 aliphatic heterocycles. The number of halogens is 3. The van der Waals surface area contributed by atoms with Crippen molar-refractivity contribution in [2.24, 2.45) is 34.5 Å². The summed E-state index contributed by atoms with van der Waals surface area (Å²) in [4.78, 5) is 0. The topological polar surface area (TPSA) is 52.6 Å². The van der Waals surface area contributed by atoms with Gasteiger partial charge in [0.15, 0.2) is 0 Å². The smallest absolute Gasteiger partial charge is 0.381 e. The van der Waals surface area contributed by atoms with Gasteiger partial charge in [0.25, 0.3) is 0 Å². The number of hydrogen-bond donors (Lipinski definition) is 0. The Bertz CT molecular complexity index is 762. The minimum absolute atomic E-state index is 0.00440. The fourth-order valence-electron chi connectivity index (χ4n) is 6.84. The Morgan fingerprint density at radius 3 is 2.54 bits per heavy atom. The van der Waals surface area contributed by atoms with Crippen LogP contribution >= 0.6 is 0 Å². The van der Waals surface area contributed by atoms with Gasteiger partial charge in [0.05, 0.1) is 0 Å². The van der Waals surface area contributed by atoms with E-state index < -0.39 is 21.0 Å². The highest BCUT2D eigenvalue weighted by Gasteiger charge is 2.60. The summed E-state index contributed by atoms with van der Waals surface area (Å²) >= 11 is 0. The van der Waals surface area contributed by atoms with E-state index in [1.807, 2.05) is 6.92 Å². The molecule has 4 nitrogen and oxygen atoms in total. The summed E-state index contributed by atoms with van der Waals surface area (Å²) in [5.41, 5.74) is -5.84. The van der Waals surface area contributed by atoms with Gasteiger partial charge < -0.3 is 8.92 Å². The summed E-state index contributed by atoms with van der Waals surface area (Å²) < 4.78 is 72.0. The summed E-state index contributed by atoms with van der Waals surface area (Å²) in [5, 5.41) is 0. The van der Waals surface area contributed by atoms with Crippen LogP contribution < -0.4 is 0 Å². The first kappa shape index (κ1) is 20.5. The molecule has 0 radical (unpaired) electrons. The van der Waals surface area contributed by atoms with Gasteiger partial charge in [-0.25, -0.2) is 0 Å². The van der Waals surface area contributed by atoms with Crippen molar-refractivity contribution in [1.29, 1.82) is 0 Å². The molecule has 3 fully saturated rings. The molecule has 0 amide bonds. The van der Waals surface area contributed by atoms with Crippen LogP contribution in [0.2, 0.25) is 0 Å². The maximum absolute atomic E-state index is 12.8. The van der Waals surface area contributed by atoms with Crippen LogP contribution in [0.5, 0.6) is 0 Å². The van der Waals surface area contributed by atoms with Crippen molar-refractivity contribution < 1.29 is 30.5 Å². The van der Waals surface area contributed by atoms with E-state index >= 15 is 0 Å². The Hall–Kier alpha value is -0.760. The number of rotatable bonds is 2. The van der Waals surface area contributed by atoms with Gasteiger partial charge in [-0.1, -0.05) is 13.8 Å². The largest absolute Gasteiger partial charge is 0.534 e. The predicted molar refractivity (Wildman–Crippen MR) is 97.5 cm³/mol. The zero-order valence-electron chi connectivity index (χ0n) is 16.4. The normalized spacial score (nSPS) is 44.0. The third-order valence-corrected chi connectivity index (χ3v) is 9.42. The Kier molecular flexibility index (Phi) is 4.85. The van der Waals surface area contributed by atoms with Crippen LogP contribution in [0.1, 0.15) is 58.8 Å². The Labute approximate surface area is 165 Å². The molecular weight excluding hydrogens is 393 g/mol. The lowest BCUT2D eigenvalue weighted by Gasteiger charge is -2.58. The van der Waals surface area contributed by atoms with Crippen LogP contribution in [0.4, 0.5) is 13.2 Å². The Balaban J connectivity index is 1.58. The Morgan fingerprint density at radius 1 is 1.07 bits per heavy atom. The first-order valence-electron chi connectivity index (χ1n) is 10.3. The van der Waals surface area contributed by atoms with Gasteiger partial charge in [-0.2, -0.15) is 21.6 Å². The van der Waals surface area contributed by atoms with Crippen LogP contribution in [0, 0.1) is 34.5 Å². The molecule has 0 aromatic carbocycles. The average molecular weight is 423 g/mol. The molecule has 0 spiro atoms. The molecule has 0 aromatic heterocycles. The lowest BCUT2D eigenvalue weighted by molar-refractivity contribution is -0.0907. The predicted octanol–water partition coefficient (Wildman–Crippen LogP) is 5.02. The number of hydrogen-bond acceptors (Lipinski definition) is 4. The van der Waals surface area contributed by atoms with Crippen LogP contribution in [-0.2, 0) is 19.0 Å². The molecule has 4 rings (SSSR count). The van der Waals surface area contributed by atoms with Crippen molar-refractivity contribution >= 4 is 10.1 Å². The first-order valence-corrected chi connectivity index (χ1v) is 11.7. The lowest BCUT2D eigenvalue weighted by atomic mass is 9.47. The second-order valence-electron chi connectivity index (χ2n) is 9.55. The van der Waals surface area contributed by atoms with Gasteiger partial charge in [-0.3, -0.25) is 0 Å². The zero-order chi connectivity index (χ0) is 20.4. The maximum atomic E-state index is 12.8. The van der Waals surface area contributed by atoms with E-state index in [2.05, 4.69) is 11.1 Å². The molecule has 0 bridgehead atoms. The molecule has 28 heavy (non-hydrogen) atoms. The number of alkyl halides is 3. The molecule has 4 aliphatic rings. The quantitative estimate of drug-likeness (QED) is 0.463. The van der Waals surface area contributed by atoms with E-state index in [1.165, 1.54) is 0 Å². The van der Waals surface area contributed by atoms with Crippen molar-refractivity contribution in [2.75, 3.05) is 13.2 Å². The second-order valence-corrected chi connectivity index (χ2v) is 11.1. The van der Waals surface area contributed by atoms with Gasteiger partial charge in [-0.05, 0) is 80.1 Å². The Morgan fingerprint density at radius 2 is 1.82 bits per heavy atom. The molecule has 8 heteroatoms. The van der Waals surface area contributed by atoms with E-state index in [1.54, 1.807) is 6.08 Å². The average Bonchev–Trinajstić information content (AvgIpc) is 2.79. The van der Waals surface area contributed by atoms with Gasteiger partial charge in [-0.15, -0.1) is 0 Å². The first-order chi connectivity index (χ1) is 13.0. The molecule has 0 unspecified atom stereocenters. The fraction of sp³-hybridized carbons (Fsp3) is 0.900. The summed E-state index contributed by atoms with van der Waals surface area (Å²) in [7, 11) is -5.62. The minimum atomic E-state index is -5.62. The molecular formula is C20H29F3O4S. The fourth-order valence-corrected chi connectivity index (χ4v) is 7.43. The van der Waals surface area contributed by atoms with Crippen LogP contribution in [-0.4, -0.2) is 27.1 Å². The second kappa shape index (κ2) is 6.62. The highest BCUT2D eigenvalue weighted by molar-refractivity contribution is 7.87. The molecule has 0 aromatic rings. The highest BCUT2D eigenvalue weighted by atomic mass is 32.2. The number of fused-ring (bicyclic) bond motifs is 5. The molecule has 3 aliphatic carbocycles. The minimum Gasteiger partial charge on any atom is -0.381 e. The van der Waals surface area contributed by atoms with Gasteiger partial charge in [0.1, 0.15) is 5.76 Å². The van der Waals surface area contributed by atoms with Gasteiger partial charge >= 0.3 is 15.6 Å². The van der Waals surface area contributed by atoms with Crippen LogP contribution in [0.3, 0.4) is 0 Å². The van der Waals surface area contributed by atoms with Gasteiger partial charge in [0.2, 0.25) is 0 Å². The van der Waals surface area contributed by atoms with Crippen molar-refractivity contribution in [2.45, 2.75) is 64.3 Å². The van der Waals surface area contributed by atoms with Crippen molar-refractivity contribution in [3.05, 3.63) is 11.8 Å². The highest BCUT2D eigenvalue weighted by Crippen LogP contribution is 2.65. The van der Waals surface area contributed by atoms with Crippen molar-refractivity contribution in [3.63, 3.8) is 0 Å². The lowest BCUT2D eigenvalue weighted by Crippen LogP contribution is -2.51.